The van der Waals surface area contributed by atoms with E-state index in [0.29, 0.717) is 11.6 Å². The van der Waals surface area contributed by atoms with Gasteiger partial charge in [-0.15, -0.1) is 0 Å². The van der Waals surface area contributed by atoms with Crippen molar-refractivity contribution in [3.8, 4) is 11.4 Å². The van der Waals surface area contributed by atoms with Gasteiger partial charge in [0.1, 0.15) is 12.4 Å². The highest BCUT2D eigenvalue weighted by atomic mass is 35.5. The Morgan fingerprint density at radius 1 is 1.09 bits per heavy atom. The monoisotopic (exact) mass is 323 g/mol. The summed E-state index contributed by atoms with van der Waals surface area (Å²) in [4.78, 5) is 0. The average molecular weight is 324 g/mol. The summed E-state index contributed by atoms with van der Waals surface area (Å²) in [5.74, 6) is 0.813. The molecular weight excluding hydrogens is 306 g/mol. The fraction of sp³-hybridized carbons (Fsp3) is 0.100. The summed E-state index contributed by atoms with van der Waals surface area (Å²) < 4.78 is 8.04. The first-order chi connectivity index (χ1) is 11.1. The van der Waals surface area contributed by atoms with Crippen molar-refractivity contribution in [3.05, 3.63) is 89.7 Å². The molecule has 23 heavy (non-hydrogen) atoms. The number of ether oxygens (including phenoxy) is 1. The summed E-state index contributed by atoms with van der Waals surface area (Å²) in [5.41, 5.74) is 4.02. The molecule has 1 aromatic heterocycles. The average Bonchev–Trinajstić information content (AvgIpc) is 3.08. The van der Waals surface area contributed by atoms with E-state index in [0.717, 1.165) is 28.1 Å². The Labute approximate surface area is 141 Å². The zero-order chi connectivity index (χ0) is 16.2. The molecule has 0 aliphatic heterocycles. The molecule has 2 nitrogen and oxygen atoms in total. The van der Waals surface area contributed by atoms with Gasteiger partial charge < -0.3 is 9.30 Å². The maximum absolute atomic E-state index is 6.18. The fourth-order valence-corrected chi connectivity index (χ4v) is 2.61. The number of benzene rings is 2. The standard InChI is InChI=1S/C20H18ClNO/c1-15(2)18-13-17(22-11-5-6-12-22)9-10-20(18)23-14-16-7-3-4-8-19(16)21/h3-13H,1,14H2,2H3. The molecule has 0 atom stereocenters. The molecule has 0 radical (unpaired) electrons. The molecule has 3 rings (SSSR count). The van der Waals surface area contributed by atoms with Crippen molar-refractivity contribution in [1.29, 1.82) is 0 Å². The Balaban J connectivity index is 1.87. The molecule has 0 amide bonds. The summed E-state index contributed by atoms with van der Waals surface area (Å²) in [6.45, 7) is 6.48. The van der Waals surface area contributed by atoms with Gasteiger partial charge >= 0.3 is 0 Å². The molecule has 0 unspecified atom stereocenters. The van der Waals surface area contributed by atoms with Gasteiger partial charge in [0.2, 0.25) is 0 Å². The fourth-order valence-electron chi connectivity index (χ4n) is 2.42. The number of allylic oxidation sites excluding steroid dienone is 1. The minimum atomic E-state index is 0.433. The third kappa shape index (κ3) is 3.49. The lowest BCUT2D eigenvalue weighted by atomic mass is 10.1. The normalized spacial score (nSPS) is 10.5. The van der Waals surface area contributed by atoms with Crippen molar-refractivity contribution in [3.63, 3.8) is 0 Å². The van der Waals surface area contributed by atoms with E-state index in [4.69, 9.17) is 16.3 Å². The number of halogens is 1. The molecule has 2 aromatic carbocycles. The summed E-state index contributed by atoms with van der Waals surface area (Å²) in [6.07, 6.45) is 4.03. The third-order valence-corrected chi connectivity index (χ3v) is 4.04. The summed E-state index contributed by atoms with van der Waals surface area (Å²) in [6, 6.07) is 17.8. The first-order valence-electron chi connectivity index (χ1n) is 7.44. The Kier molecular flexibility index (Phi) is 4.54. The van der Waals surface area contributed by atoms with Crippen LogP contribution in [0.2, 0.25) is 5.02 Å². The van der Waals surface area contributed by atoms with Crippen molar-refractivity contribution in [2.24, 2.45) is 0 Å². The van der Waals surface area contributed by atoms with E-state index in [2.05, 4.69) is 17.2 Å². The van der Waals surface area contributed by atoms with Crippen molar-refractivity contribution < 1.29 is 4.74 Å². The van der Waals surface area contributed by atoms with Crippen molar-refractivity contribution in [1.82, 2.24) is 4.57 Å². The molecular formula is C20H18ClNO. The van der Waals surface area contributed by atoms with Gasteiger partial charge in [0.15, 0.2) is 0 Å². The molecule has 0 aliphatic carbocycles. The van der Waals surface area contributed by atoms with Gasteiger partial charge in [0.05, 0.1) is 0 Å². The van der Waals surface area contributed by atoms with Crippen LogP contribution in [-0.2, 0) is 6.61 Å². The van der Waals surface area contributed by atoms with Crippen LogP contribution in [-0.4, -0.2) is 4.57 Å². The number of aromatic nitrogens is 1. The molecule has 3 aromatic rings. The second-order valence-corrected chi connectivity index (χ2v) is 5.84. The molecule has 1 heterocycles. The van der Waals surface area contributed by atoms with Gasteiger partial charge in [-0.3, -0.25) is 0 Å². The van der Waals surface area contributed by atoms with Gasteiger partial charge in [0, 0.05) is 34.2 Å². The summed E-state index contributed by atoms with van der Waals surface area (Å²) >= 11 is 6.18. The molecule has 0 bridgehead atoms. The molecule has 0 N–H and O–H groups in total. The number of hydrogen-bond donors (Lipinski definition) is 0. The first kappa shape index (κ1) is 15.4. The van der Waals surface area contributed by atoms with Crippen LogP contribution in [0.15, 0.2) is 73.6 Å². The van der Waals surface area contributed by atoms with E-state index in [1.54, 1.807) is 0 Å². The van der Waals surface area contributed by atoms with Gasteiger partial charge in [-0.1, -0.05) is 36.4 Å². The molecule has 116 valence electrons. The highest BCUT2D eigenvalue weighted by Gasteiger charge is 2.08. The quantitative estimate of drug-likeness (QED) is 0.583. The molecule has 3 heteroatoms. The Bertz CT molecular complexity index is 821. The van der Waals surface area contributed by atoms with Crippen molar-refractivity contribution in [2.45, 2.75) is 13.5 Å². The van der Waals surface area contributed by atoms with Gasteiger partial charge in [0.25, 0.3) is 0 Å². The van der Waals surface area contributed by atoms with Crippen LogP contribution in [0.25, 0.3) is 11.3 Å². The lowest BCUT2D eigenvalue weighted by Crippen LogP contribution is -2.00. The Hall–Kier alpha value is -2.45. The van der Waals surface area contributed by atoms with E-state index >= 15 is 0 Å². The zero-order valence-corrected chi connectivity index (χ0v) is 13.8. The van der Waals surface area contributed by atoms with Crippen LogP contribution in [0.5, 0.6) is 5.75 Å². The van der Waals surface area contributed by atoms with Crippen LogP contribution in [0.1, 0.15) is 18.1 Å². The lowest BCUT2D eigenvalue weighted by molar-refractivity contribution is 0.305. The van der Waals surface area contributed by atoms with Crippen molar-refractivity contribution >= 4 is 17.2 Å². The Morgan fingerprint density at radius 3 is 2.52 bits per heavy atom. The predicted molar refractivity (Wildman–Crippen MR) is 96.3 cm³/mol. The minimum absolute atomic E-state index is 0.433. The van der Waals surface area contributed by atoms with E-state index in [1.807, 2.05) is 67.8 Å². The SMILES string of the molecule is C=C(C)c1cc(-n2cccc2)ccc1OCc1ccccc1Cl. The van der Waals surface area contributed by atoms with Crippen LogP contribution in [0.4, 0.5) is 0 Å². The lowest BCUT2D eigenvalue weighted by Gasteiger charge is -2.14. The zero-order valence-electron chi connectivity index (χ0n) is 13.0. The third-order valence-electron chi connectivity index (χ3n) is 3.67. The highest BCUT2D eigenvalue weighted by Crippen LogP contribution is 2.29. The molecule has 0 saturated carbocycles. The molecule has 0 saturated heterocycles. The smallest absolute Gasteiger partial charge is 0.127 e. The number of nitrogens with zero attached hydrogens (tertiary/aromatic N) is 1. The van der Waals surface area contributed by atoms with Crippen LogP contribution in [0, 0.1) is 0 Å². The van der Waals surface area contributed by atoms with Crippen molar-refractivity contribution in [2.75, 3.05) is 0 Å². The number of hydrogen-bond acceptors (Lipinski definition) is 1. The Morgan fingerprint density at radius 2 is 1.83 bits per heavy atom. The largest absolute Gasteiger partial charge is 0.488 e. The first-order valence-corrected chi connectivity index (χ1v) is 7.82. The van der Waals surface area contributed by atoms with Crippen LogP contribution >= 0.6 is 11.6 Å². The van der Waals surface area contributed by atoms with E-state index in [-0.39, 0.29) is 0 Å². The summed E-state index contributed by atoms with van der Waals surface area (Å²) in [7, 11) is 0. The minimum Gasteiger partial charge on any atom is -0.488 e. The van der Waals surface area contributed by atoms with Gasteiger partial charge in [-0.05, 0) is 48.9 Å². The van der Waals surface area contributed by atoms with Gasteiger partial charge in [-0.25, -0.2) is 0 Å². The highest BCUT2D eigenvalue weighted by molar-refractivity contribution is 6.31. The maximum Gasteiger partial charge on any atom is 0.127 e. The van der Waals surface area contributed by atoms with Crippen LogP contribution in [0.3, 0.4) is 0 Å². The van der Waals surface area contributed by atoms with E-state index < -0.39 is 0 Å². The summed E-state index contributed by atoms with van der Waals surface area (Å²) in [5, 5.41) is 0.716. The van der Waals surface area contributed by atoms with E-state index in [1.165, 1.54) is 0 Å². The molecule has 0 aliphatic rings. The van der Waals surface area contributed by atoms with E-state index in [9.17, 15) is 0 Å². The maximum atomic E-state index is 6.18. The molecule has 0 spiro atoms. The second-order valence-electron chi connectivity index (χ2n) is 5.43. The van der Waals surface area contributed by atoms with Gasteiger partial charge in [-0.2, -0.15) is 0 Å². The number of rotatable bonds is 5. The molecule has 0 fully saturated rings. The predicted octanol–water partition coefficient (Wildman–Crippen LogP) is 5.74. The second kappa shape index (κ2) is 6.76. The van der Waals surface area contributed by atoms with Crippen LogP contribution < -0.4 is 4.74 Å². The topological polar surface area (TPSA) is 14.2 Å².